The normalized spacial score (nSPS) is 23.3. The number of fused-ring (bicyclic) bond motifs is 3. The van der Waals surface area contributed by atoms with E-state index in [2.05, 4.69) is 15.0 Å². The van der Waals surface area contributed by atoms with Gasteiger partial charge in [0.05, 0.1) is 6.54 Å². The molecule has 7 rings (SSSR count). The molecule has 8 nitrogen and oxygen atoms in total. The van der Waals surface area contributed by atoms with Gasteiger partial charge in [0.1, 0.15) is 17.6 Å². The Balaban J connectivity index is 1.03. The number of rotatable bonds is 5. The van der Waals surface area contributed by atoms with E-state index in [4.69, 9.17) is 14.0 Å². The maximum atomic E-state index is 13.7. The highest BCUT2D eigenvalue weighted by Gasteiger charge is 2.52. The van der Waals surface area contributed by atoms with Crippen LogP contribution in [0.15, 0.2) is 83.4 Å². The van der Waals surface area contributed by atoms with Crippen LogP contribution in [-0.4, -0.2) is 45.3 Å². The lowest BCUT2D eigenvalue weighted by Gasteiger charge is -2.44. The lowest BCUT2D eigenvalue weighted by molar-refractivity contribution is -0.182. The highest BCUT2D eigenvalue weighted by atomic mass is 16.6. The number of aromatic nitrogens is 2. The Morgan fingerprint density at radius 1 is 0.949 bits per heavy atom. The van der Waals surface area contributed by atoms with Gasteiger partial charge >= 0.3 is 5.97 Å². The second kappa shape index (κ2) is 9.63. The van der Waals surface area contributed by atoms with Gasteiger partial charge in [-0.3, -0.25) is 4.90 Å². The minimum absolute atomic E-state index is 0.221. The van der Waals surface area contributed by atoms with Crippen molar-refractivity contribution in [3.05, 3.63) is 95.9 Å². The summed E-state index contributed by atoms with van der Waals surface area (Å²) in [6.07, 6.45) is 2.50. The van der Waals surface area contributed by atoms with Crippen molar-refractivity contribution in [3.8, 4) is 22.9 Å². The Morgan fingerprint density at radius 3 is 2.36 bits per heavy atom. The predicted octanol–water partition coefficient (Wildman–Crippen LogP) is 4.92. The summed E-state index contributed by atoms with van der Waals surface area (Å²) in [6.45, 7) is 2.37. The Bertz CT molecular complexity index is 1460. The Labute approximate surface area is 226 Å². The highest BCUT2D eigenvalue weighted by Crippen LogP contribution is 2.49. The first-order chi connectivity index (χ1) is 19.1. The number of ether oxygens (including phenoxy) is 2. The fourth-order valence-electron chi connectivity index (χ4n) is 6.22. The first-order valence-corrected chi connectivity index (χ1v) is 13.5. The first kappa shape index (κ1) is 24.1. The Kier molecular flexibility index (Phi) is 5.94. The first-order valence-electron chi connectivity index (χ1n) is 13.5. The molecule has 0 spiro atoms. The number of carbonyl (C=O) groups excluding carboxylic acids is 1. The molecule has 2 unspecified atom stereocenters. The molecular weight excluding hydrogens is 494 g/mol. The summed E-state index contributed by atoms with van der Waals surface area (Å²) in [4.78, 5) is 20.6. The number of nitrogens with zero attached hydrogens (tertiary/aromatic N) is 3. The Morgan fingerprint density at radius 2 is 1.62 bits per heavy atom. The van der Waals surface area contributed by atoms with Gasteiger partial charge in [0, 0.05) is 22.6 Å². The fraction of sp³-hybridized carbons (Fsp3) is 0.323. The Hall–Kier alpha value is -4.01. The van der Waals surface area contributed by atoms with Gasteiger partial charge in [-0.1, -0.05) is 71.9 Å². The SMILES string of the molecule is O=C(O[C@H]1CC2CCN(Cc3nc(-c4ccccc4)no3)CCC21)C1(O)c2ccccc2Oc2ccccc21. The molecule has 1 saturated heterocycles. The molecule has 8 heteroatoms. The molecule has 3 atom stereocenters. The highest BCUT2D eigenvalue weighted by molar-refractivity contribution is 5.88. The molecule has 3 aliphatic rings. The van der Waals surface area contributed by atoms with E-state index in [-0.39, 0.29) is 12.0 Å². The van der Waals surface area contributed by atoms with Gasteiger partial charge < -0.3 is 19.1 Å². The zero-order valence-corrected chi connectivity index (χ0v) is 21.4. The van der Waals surface area contributed by atoms with Gasteiger partial charge in [-0.2, -0.15) is 4.98 Å². The van der Waals surface area contributed by atoms with E-state index in [0.717, 1.165) is 37.9 Å². The van der Waals surface area contributed by atoms with Crippen molar-refractivity contribution in [2.75, 3.05) is 13.1 Å². The second-order valence-corrected chi connectivity index (χ2v) is 10.6. The smallest absolute Gasteiger partial charge is 0.348 e. The molecular formula is C31H29N3O5. The van der Waals surface area contributed by atoms with E-state index in [0.29, 0.717) is 46.8 Å². The average molecular weight is 524 g/mol. The number of likely N-dealkylation sites (tertiary alicyclic amines) is 1. The summed E-state index contributed by atoms with van der Waals surface area (Å²) >= 11 is 0. The third kappa shape index (κ3) is 4.20. The minimum Gasteiger partial charge on any atom is -0.459 e. The van der Waals surface area contributed by atoms with E-state index < -0.39 is 11.6 Å². The van der Waals surface area contributed by atoms with Crippen LogP contribution in [0.2, 0.25) is 0 Å². The van der Waals surface area contributed by atoms with Crippen LogP contribution >= 0.6 is 0 Å². The number of esters is 1. The molecule has 2 fully saturated rings. The van der Waals surface area contributed by atoms with Crippen LogP contribution in [0.25, 0.3) is 11.4 Å². The number of aliphatic hydroxyl groups is 1. The molecule has 0 radical (unpaired) electrons. The van der Waals surface area contributed by atoms with Crippen molar-refractivity contribution < 1.29 is 23.9 Å². The maximum Gasteiger partial charge on any atom is 0.348 e. The quantitative estimate of drug-likeness (QED) is 0.368. The van der Waals surface area contributed by atoms with Crippen molar-refractivity contribution >= 4 is 5.97 Å². The van der Waals surface area contributed by atoms with Gasteiger partial charge in [0.2, 0.25) is 17.3 Å². The molecule has 2 aliphatic heterocycles. The molecule has 3 aromatic carbocycles. The predicted molar refractivity (Wildman–Crippen MR) is 142 cm³/mol. The van der Waals surface area contributed by atoms with Crippen molar-refractivity contribution in [1.29, 1.82) is 0 Å². The topological polar surface area (TPSA) is 97.9 Å². The molecule has 1 aromatic heterocycles. The zero-order valence-electron chi connectivity index (χ0n) is 21.4. The average Bonchev–Trinajstić information content (AvgIpc) is 3.36. The summed E-state index contributed by atoms with van der Waals surface area (Å²) in [6, 6.07) is 24.0. The van der Waals surface area contributed by atoms with E-state index in [1.165, 1.54) is 0 Å². The summed E-state index contributed by atoms with van der Waals surface area (Å²) < 4.78 is 17.6. The van der Waals surface area contributed by atoms with E-state index in [1.54, 1.807) is 36.4 Å². The molecule has 0 amide bonds. The molecule has 4 aromatic rings. The van der Waals surface area contributed by atoms with Crippen LogP contribution in [-0.2, 0) is 21.7 Å². The van der Waals surface area contributed by atoms with Gasteiger partial charge in [-0.05, 0) is 50.4 Å². The van der Waals surface area contributed by atoms with E-state index in [9.17, 15) is 9.90 Å². The third-order valence-electron chi connectivity index (χ3n) is 8.40. The number of para-hydroxylation sites is 2. The van der Waals surface area contributed by atoms with Crippen LogP contribution in [0.3, 0.4) is 0 Å². The fourth-order valence-corrected chi connectivity index (χ4v) is 6.22. The summed E-state index contributed by atoms with van der Waals surface area (Å²) in [7, 11) is 0. The van der Waals surface area contributed by atoms with Crippen LogP contribution in [0.1, 0.15) is 36.3 Å². The van der Waals surface area contributed by atoms with Crippen LogP contribution < -0.4 is 4.74 Å². The number of hydrogen-bond donors (Lipinski definition) is 1. The second-order valence-electron chi connectivity index (χ2n) is 10.6. The van der Waals surface area contributed by atoms with Crippen molar-refractivity contribution in [3.63, 3.8) is 0 Å². The summed E-state index contributed by atoms with van der Waals surface area (Å²) in [5.74, 6) is 2.23. The van der Waals surface area contributed by atoms with Crippen LogP contribution in [0.4, 0.5) is 0 Å². The van der Waals surface area contributed by atoms with E-state index >= 15 is 0 Å². The van der Waals surface area contributed by atoms with Crippen molar-refractivity contribution in [2.24, 2.45) is 11.8 Å². The lowest BCUT2D eigenvalue weighted by atomic mass is 9.68. The molecule has 1 saturated carbocycles. The number of benzene rings is 3. The van der Waals surface area contributed by atoms with Gasteiger partial charge in [-0.15, -0.1) is 0 Å². The third-order valence-corrected chi connectivity index (χ3v) is 8.40. The van der Waals surface area contributed by atoms with Gasteiger partial charge in [0.15, 0.2) is 0 Å². The van der Waals surface area contributed by atoms with Crippen molar-refractivity contribution in [1.82, 2.24) is 15.0 Å². The largest absolute Gasteiger partial charge is 0.459 e. The van der Waals surface area contributed by atoms with Gasteiger partial charge in [-0.25, -0.2) is 4.79 Å². The van der Waals surface area contributed by atoms with Crippen molar-refractivity contribution in [2.45, 2.75) is 37.5 Å². The molecule has 1 N–H and O–H groups in total. The lowest BCUT2D eigenvalue weighted by Crippen LogP contribution is -2.49. The molecule has 39 heavy (non-hydrogen) atoms. The zero-order chi connectivity index (χ0) is 26.4. The van der Waals surface area contributed by atoms with Crippen LogP contribution in [0, 0.1) is 11.8 Å². The molecule has 1 aliphatic carbocycles. The standard InChI is InChI=1S/C31H29N3O5/c35-30(31(36)23-10-4-6-12-25(23)37-26-13-7-5-11-24(26)31)38-27-18-21-14-16-34(17-15-22(21)27)19-28-32-29(33-39-28)20-8-2-1-3-9-20/h1-13,21-22,27,36H,14-19H2/t21?,22?,27-/m0/s1. The number of carbonyl (C=O) groups is 1. The monoisotopic (exact) mass is 523 g/mol. The number of hydrogen-bond acceptors (Lipinski definition) is 8. The van der Waals surface area contributed by atoms with Gasteiger partial charge in [0.25, 0.3) is 0 Å². The maximum absolute atomic E-state index is 13.7. The molecule has 3 heterocycles. The van der Waals surface area contributed by atoms with E-state index in [1.807, 2.05) is 42.5 Å². The molecule has 198 valence electrons. The summed E-state index contributed by atoms with van der Waals surface area (Å²) in [5.41, 5.74) is -0.165. The van der Waals surface area contributed by atoms with Crippen LogP contribution in [0.5, 0.6) is 11.5 Å². The summed E-state index contributed by atoms with van der Waals surface area (Å²) in [5, 5.41) is 16.0. The minimum atomic E-state index is -1.91. The molecule has 0 bridgehead atoms.